The van der Waals surface area contributed by atoms with Gasteiger partial charge in [-0.3, -0.25) is 4.79 Å². The lowest BCUT2D eigenvalue weighted by Gasteiger charge is -2.04. The van der Waals surface area contributed by atoms with Crippen LogP contribution in [0.4, 0.5) is 0 Å². The number of tetrazole rings is 1. The van der Waals surface area contributed by atoms with Crippen molar-refractivity contribution in [3.05, 3.63) is 24.3 Å². The van der Waals surface area contributed by atoms with E-state index in [9.17, 15) is 9.90 Å². The van der Waals surface area contributed by atoms with Gasteiger partial charge in [-0.2, -0.15) is 4.68 Å². The number of thioether (sulfide) groups is 1. The van der Waals surface area contributed by atoms with E-state index in [0.29, 0.717) is 11.6 Å². The molecule has 0 bridgehead atoms. The second-order valence-electron chi connectivity index (χ2n) is 4.44. The summed E-state index contributed by atoms with van der Waals surface area (Å²) in [6, 6.07) is 6.64. The number of aromatic nitrogens is 4. The first-order chi connectivity index (χ1) is 10.2. The van der Waals surface area contributed by atoms with Gasteiger partial charge in [0.1, 0.15) is 5.75 Å². The minimum atomic E-state index is -0.751. The van der Waals surface area contributed by atoms with Crippen LogP contribution < -0.4 is 0 Å². The topological polar surface area (TPSA) is 101 Å². The molecule has 2 N–H and O–H groups in total. The van der Waals surface area contributed by atoms with Crippen molar-refractivity contribution in [1.29, 1.82) is 0 Å². The summed E-state index contributed by atoms with van der Waals surface area (Å²) in [4.78, 5) is 10.4. The molecule has 0 aliphatic carbocycles. The van der Waals surface area contributed by atoms with Crippen LogP contribution in [0, 0.1) is 0 Å². The van der Waals surface area contributed by atoms with Gasteiger partial charge in [-0.1, -0.05) is 18.2 Å². The van der Waals surface area contributed by atoms with Gasteiger partial charge in [0.25, 0.3) is 0 Å². The summed E-state index contributed by atoms with van der Waals surface area (Å²) in [7, 11) is 0. The Labute approximate surface area is 126 Å². The van der Waals surface area contributed by atoms with Crippen LogP contribution in [-0.4, -0.2) is 42.1 Å². The predicted octanol–water partition coefficient (Wildman–Crippen LogP) is 2.10. The summed E-state index contributed by atoms with van der Waals surface area (Å²) >= 11 is 1.53. The number of phenols is 1. The van der Waals surface area contributed by atoms with Crippen molar-refractivity contribution in [3.8, 4) is 11.4 Å². The number of benzene rings is 1. The summed E-state index contributed by atoms with van der Waals surface area (Å²) in [5.41, 5.74) is 0.783. The van der Waals surface area contributed by atoms with E-state index in [1.54, 1.807) is 28.9 Å². The van der Waals surface area contributed by atoms with E-state index in [0.717, 1.165) is 24.3 Å². The maximum absolute atomic E-state index is 10.4. The highest BCUT2D eigenvalue weighted by molar-refractivity contribution is 7.99. The summed E-state index contributed by atoms with van der Waals surface area (Å²) < 4.78 is 1.61. The molecule has 0 aliphatic rings. The molecule has 2 rings (SSSR count). The third-order valence-corrected chi connectivity index (χ3v) is 3.81. The average Bonchev–Trinajstić information content (AvgIpc) is 2.91. The molecular formula is C13H16N4O3S. The third-order valence-electron chi connectivity index (χ3n) is 2.80. The van der Waals surface area contributed by atoms with Crippen LogP contribution in [-0.2, 0) is 4.79 Å². The monoisotopic (exact) mass is 308 g/mol. The molecule has 0 unspecified atom stereocenters. The lowest BCUT2D eigenvalue weighted by Crippen LogP contribution is -1.99. The number of rotatable bonds is 8. The number of aliphatic carboxylic acids is 1. The van der Waals surface area contributed by atoms with Crippen molar-refractivity contribution < 1.29 is 15.0 Å². The molecule has 1 aromatic carbocycles. The lowest BCUT2D eigenvalue weighted by atomic mass is 10.2. The Kier molecular flexibility index (Phi) is 5.56. The minimum absolute atomic E-state index is 0.194. The number of hydrogen-bond donors (Lipinski definition) is 2. The first-order valence-corrected chi connectivity index (χ1v) is 7.58. The Morgan fingerprint density at radius 2 is 1.95 bits per heavy atom. The maximum atomic E-state index is 10.4. The van der Waals surface area contributed by atoms with Gasteiger partial charge in [0, 0.05) is 12.2 Å². The smallest absolute Gasteiger partial charge is 0.303 e. The SMILES string of the molecule is O=C(O)CCCCCSc1nnnn1-c1ccc(O)cc1. The summed E-state index contributed by atoms with van der Waals surface area (Å²) in [5, 5.41) is 30.1. The van der Waals surface area contributed by atoms with E-state index >= 15 is 0 Å². The minimum Gasteiger partial charge on any atom is -0.508 e. The van der Waals surface area contributed by atoms with E-state index in [2.05, 4.69) is 15.5 Å². The standard InChI is InChI=1S/C13H16N4O3S/c18-11-7-5-10(6-8-11)17-13(14-15-16-17)21-9-3-1-2-4-12(19)20/h5-8,18H,1-4,9H2,(H,19,20). The number of carboxylic acid groups (broad SMARTS) is 1. The van der Waals surface area contributed by atoms with Crippen molar-refractivity contribution in [2.45, 2.75) is 30.8 Å². The van der Waals surface area contributed by atoms with Crippen molar-refractivity contribution in [1.82, 2.24) is 20.2 Å². The second-order valence-corrected chi connectivity index (χ2v) is 5.50. The van der Waals surface area contributed by atoms with Gasteiger partial charge in [-0.25, -0.2) is 0 Å². The van der Waals surface area contributed by atoms with Crippen LogP contribution in [0.1, 0.15) is 25.7 Å². The van der Waals surface area contributed by atoms with Crippen LogP contribution in [0.2, 0.25) is 0 Å². The zero-order chi connectivity index (χ0) is 15.1. The second kappa shape index (κ2) is 7.63. The first-order valence-electron chi connectivity index (χ1n) is 6.59. The van der Waals surface area contributed by atoms with Crippen LogP contribution in [0.25, 0.3) is 5.69 Å². The molecule has 0 amide bonds. The number of carbonyl (C=O) groups is 1. The van der Waals surface area contributed by atoms with Gasteiger partial charge in [-0.05, 0) is 47.5 Å². The molecule has 2 aromatic rings. The number of aromatic hydroxyl groups is 1. The fourth-order valence-electron chi connectivity index (χ4n) is 1.74. The zero-order valence-corrected chi connectivity index (χ0v) is 12.2. The number of nitrogens with zero attached hydrogens (tertiary/aromatic N) is 4. The molecule has 0 atom stereocenters. The van der Waals surface area contributed by atoms with Gasteiger partial charge in [0.05, 0.1) is 5.69 Å². The van der Waals surface area contributed by atoms with Gasteiger partial charge in [0.15, 0.2) is 0 Å². The molecule has 1 heterocycles. The fraction of sp³-hybridized carbons (Fsp3) is 0.385. The summed E-state index contributed by atoms with van der Waals surface area (Å²) in [6.07, 6.45) is 2.70. The lowest BCUT2D eigenvalue weighted by molar-refractivity contribution is -0.137. The van der Waals surface area contributed by atoms with Gasteiger partial charge in [0.2, 0.25) is 5.16 Å². The van der Waals surface area contributed by atoms with E-state index in [1.165, 1.54) is 11.8 Å². The van der Waals surface area contributed by atoms with Crippen molar-refractivity contribution >= 4 is 17.7 Å². The van der Waals surface area contributed by atoms with E-state index in [4.69, 9.17) is 5.11 Å². The molecule has 1 aromatic heterocycles. The van der Waals surface area contributed by atoms with Gasteiger partial charge < -0.3 is 10.2 Å². The normalized spacial score (nSPS) is 10.7. The van der Waals surface area contributed by atoms with E-state index in [-0.39, 0.29) is 12.2 Å². The molecule has 112 valence electrons. The Hall–Kier alpha value is -2.09. The van der Waals surface area contributed by atoms with Crippen molar-refractivity contribution in [3.63, 3.8) is 0 Å². The molecule has 8 heteroatoms. The summed E-state index contributed by atoms with van der Waals surface area (Å²) in [5.74, 6) is 0.274. The Morgan fingerprint density at radius 3 is 2.67 bits per heavy atom. The first kappa shape index (κ1) is 15.3. The molecule has 0 fully saturated rings. The zero-order valence-electron chi connectivity index (χ0n) is 11.3. The Morgan fingerprint density at radius 1 is 1.19 bits per heavy atom. The molecular weight excluding hydrogens is 292 g/mol. The van der Waals surface area contributed by atoms with Crippen LogP contribution in [0.15, 0.2) is 29.4 Å². The molecule has 0 saturated heterocycles. The predicted molar refractivity (Wildman–Crippen MR) is 77.6 cm³/mol. The Balaban J connectivity index is 1.83. The molecule has 0 spiro atoms. The number of phenolic OH excluding ortho intramolecular Hbond substituents is 1. The highest BCUT2D eigenvalue weighted by Crippen LogP contribution is 2.21. The molecule has 7 nitrogen and oxygen atoms in total. The fourth-order valence-corrected chi connectivity index (χ4v) is 2.63. The quantitative estimate of drug-likeness (QED) is 0.569. The number of hydrogen-bond acceptors (Lipinski definition) is 6. The van der Waals surface area contributed by atoms with Crippen molar-refractivity contribution in [2.24, 2.45) is 0 Å². The van der Waals surface area contributed by atoms with Crippen LogP contribution >= 0.6 is 11.8 Å². The van der Waals surface area contributed by atoms with Crippen molar-refractivity contribution in [2.75, 3.05) is 5.75 Å². The van der Waals surface area contributed by atoms with Gasteiger partial charge in [-0.15, -0.1) is 5.10 Å². The van der Waals surface area contributed by atoms with Gasteiger partial charge >= 0.3 is 5.97 Å². The van der Waals surface area contributed by atoms with E-state index < -0.39 is 5.97 Å². The van der Waals surface area contributed by atoms with Crippen LogP contribution in [0.3, 0.4) is 0 Å². The molecule has 0 radical (unpaired) electrons. The molecule has 0 saturated carbocycles. The number of unbranched alkanes of at least 4 members (excludes halogenated alkanes) is 2. The molecule has 0 aliphatic heterocycles. The maximum Gasteiger partial charge on any atom is 0.303 e. The van der Waals surface area contributed by atoms with Crippen LogP contribution in [0.5, 0.6) is 5.75 Å². The molecule has 21 heavy (non-hydrogen) atoms. The van der Waals surface area contributed by atoms with E-state index in [1.807, 2.05) is 0 Å². The average molecular weight is 308 g/mol. The number of carboxylic acids is 1. The summed E-state index contributed by atoms with van der Waals surface area (Å²) in [6.45, 7) is 0. The Bertz CT molecular complexity index is 585. The third kappa shape index (κ3) is 4.75. The highest BCUT2D eigenvalue weighted by atomic mass is 32.2. The largest absolute Gasteiger partial charge is 0.508 e. The highest BCUT2D eigenvalue weighted by Gasteiger charge is 2.08.